The number of aliphatic hydroxyl groups is 3. The number of hydrogen-bond acceptors (Lipinski definition) is 7. The van der Waals surface area contributed by atoms with E-state index in [0.717, 1.165) is 76.3 Å². The van der Waals surface area contributed by atoms with Crippen LogP contribution in [0, 0.1) is 51.8 Å². The van der Waals surface area contributed by atoms with Gasteiger partial charge in [-0.25, -0.2) is 0 Å². The second-order valence-corrected chi connectivity index (χ2v) is 20.6. The number of rotatable bonds is 8. The number of ether oxygens (including phenoxy) is 2. The number of carbonyl (C=O) groups is 1. The number of piperidine rings is 1. The molecule has 5 aliphatic carbocycles. The van der Waals surface area contributed by atoms with Gasteiger partial charge in [0.25, 0.3) is 0 Å². The highest BCUT2D eigenvalue weighted by atomic mass is 16.6. The average molecular weight is 712 g/mol. The van der Waals surface area contributed by atoms with Crippen molar-refractivity contribution in [1.29, 1.82) is 0 Å². The number of carbonyl (C=O) groups excluding carboxylic acids is 1. The van der Waals surface area contributed by atoms with E-state index in [4.69, 9.17) is 15.2 Å². The minimum Gasteiger partial charge on any atom is -0.393 e. The zero-order valence-corrected chi connectivity index (χ0v) is 32.5. The predicted octanol–water partition coefficient (Wildman–Crippen LogP) is 5.16. The molecule has 51 heavy (non-hydrogen) atoms. The van der Waals surface area contributed by atoms with Crippen LogP contribution in [0.1, 0.15) is 144 Å². The van der Waals surface area contributed by atoms with E-state index < -0.39 is 28.3 Å². The lowest BCUT2D eigenvalue weighted by Gasteiger charge is -2.63. The zero-order chi connectivity index (χ0) is 36.2. The minimum absolute atomic E-state index is 0.0527. The highest BCUT2D eigenvalue weighted by molar-refractivity contribution is 5.95. The molecule has 0 aromatic carbocycles. The molecule has 0 aromatic rings. The molecule has 0 bridgehead atoms. The molecule has 3 saturated heterocycles. The number of epoxide rings is 1. The number of quaternary nitrogens is 1. The van der Waals surface area contributed by atoms with Crippen molar-refractivity contribution in [3.8, 4) is 0 Å². The van der Waals surface area contributed by atoms with Crippen LogP contribution in [-0.2, 0) is 14.3 Å². The van der Waals surface area contributed by atoms with E-state index in [0.29, 0.717) is 37.2 Å². The minimum atomic E-state index is -1.08. The summed E-state index contributed by atoms with van der Waals surface area (Å²) >= 11 is 0. The van der Waals surface area contributed by atoms with Crippen LogP contribution in [0.4, 0.5) is 0 Å². The molecule has 0 amide bonds. The summed E-state index contributed by atoms with van der Waals surface area (Å²) in [5.74, 6) is 1.82. The summed E-state index contributed by atoms with van der Waals surface area (Å²) in [7, 11) is 0. The number of ketones is 1. The van der Waals surface area contributed by atoms with Gasteiger partial charge in [-0.2, -0.15) is 0 Å². The third-order valence-corrected chi connectivity index (χ3v) is 17.7. The van der Waals surface area contributed by atoms with Crippen LogP contribution in [0.3, 0.4) is 0 Å². The highest BCUT2D eigenvalue weighted by Gasteiger charge is 2.75. The Bertz CT molecular complexity index is 1380. The molecule has 3 heterocycles. The van der Waals surface area contributed by atoms with Crippen LogP contribution in [0.15, 0.2) is 11.6 Å². The van der Waals surface area contributed by atoms with Crippen LogP contribution < -0.4 is 11.1 Å². The van der Waals surface area contributed by atoms with Gasteiger partial charge in [0, 0.05) is 24.4 Å². The Morgan fingerprint density at radius 1 is 1.00 bits per heavy atom. The van der Waals surface area contributed by atoms with Crippen molar-refractivity contribution in [3.63, 3.8) is 0 Å². The number of nitrogens with two attached hydrogens (primary N) is 2. The first kappa shape index (κ1) is 37.1. The van der Waals surface area contributed by atoms with Crippen molar-refractivity contribution in [2.75, 3.05) is 13.2 Å². The molecule has 14 unspecified atom stereocenters. The van der Waals surface area contributed by atoms with Crippen LogP contribution in [0.2, 0.25) is 0 Å². The summed E-state index contributed by atoms with van der Waals surface area (Å²) in [5.41, 5.74) is 3.61. The SMILES string of the molecule is CC1CCOC(C2OC2C(C)(O)C(C)(C)CCC2CC[NH2+]C(N)C2)(C2CCC3(O)C4=CC(=O)C5CC(O)CCC5(C5CCCC5)C4CCC23C)C1. The lowest BCUT2D eigenvalue weighted by Crippen LogP contribution is -2.94. The Morgan fingerprint density at radius 3 is 2.49 bits per heavy atom. The third-order valence-electron chi connectivity index (χ3n) is 17.7. The Morgan fingerprint density at radius 2 is 1.76 bits per heavy atom. The van der Waals surface area contributed by atoms with E-state index in [1.54, 1.807) is 0 Å². The molecule has 7 fully saturated rings. The quantitative estimate of drug-likeness (QED) is 0.219. The Labute approximate surface area is 307 Å². The molecular weight excluding hydrogens is 640 g/mol. The topological polar surface area (TPSA) is 142 Å². The fraction of sp³-hybridized carbons (Fsp3) is 0.930. The second-order valence-electron chi connectivity index (χ2n) is 20.6. The molecule has 7 N–H and O–H groups in total. The third kappa shape index (κ3) is 5.56. The first-order valence-corrected chi connectivity index (χ1v) is 21.4. The van der Waals surface area contributed by atoms with E-state index in [1.165, 1.54) is 32.1 Å². The molecule has 0 spiro atoms. The Balaban J connectivity index is 1.09. The molecule has 8 rings (SSSR count). The molecule has 0 aromatic heterocycles. The molecule has 288 valence electrons. The van der Waals surface area contributed by atoms with Gasteiger partial charge >= 0.3 is 0 Å². The van der Waals surface area contributed by atoms with Gasteiger partial charge in [0.2, 0.25) is 0 Å². The van der Waals surface area contributed by atoms with E-state index in [-0.39, 0.29) is 52.7 Å². The summed E-state index contributed by atoms with van der Waals surface area (Å²) in [6.45, 7) is 12.8. The number of hydrogen-bond donors (Lipinski definition) is 5. The second kappa shape index (κ2) is 12.8. The van der Waals surface area contributed by atoms with Crippen molar-refractivity contribution >= 4 is 5.78 Å². The van der Waals surface area contributed by atoms with Gasteiger partial charge < -0.3 is 30.1 Å². The number of aliphatic hydroxyl groups excluding tert-OH is 1. The van der Waals surface area contributed by atoms with Gasteiger partial charge in [-0.3, -0.25) is 10.5 Å². The highest BCUT2D eigenvalue weighted by Crippen LogP contribution is 2.72. The first-order chi connectivity index (χ1) is 24.1. The molecule has 3 aliphatic heterocycles. The van der Waals surface area contributed by atoms with Gasteiger partial charge in [0.1, 0.15) is 24.0 Å². The van der Waals surface area contributed by atoms with Crippen molar-refractivity contribution < 1.29 is 34.9 Å². The molecule has 8 nitrogen and oxygen atoms in total. The van der Waals surface area contributed by atoms with Gasteiger partial charge in [-0.1, -0.05) is 40.5 Å². The molecule has 8 heteroatoms. The summed E-state index contributed by atoms with van der Waals surface area (Å²) in [5, 5.41) is 38.8. The molecule has 0 radical (unpaired) electrons. The maximum Gasteiger partial charge on any atom is 0.159 e. The Kier molecular flexibility index (Phi) is 9.34. The van der Waals surface area contributed by atoms with Gasteiger partial charge in [-0.15, -0.1) is 0 Å². The van der Waals surface area contributed by atoms with Gasteiger partial charge in [0.15, 0.2) is 5.78 Å². The van der Waals surface area contributed by atoms with Crippen LogP contribution >= 0.6 is 0 Å². The zero-order valence-electron chi connectivity index (χ0n) is 32.5. The lowest BCUT2D eigenvalue weighted by molar-refractivity contribution is -0.699. The first-order valence-electron chi connectivity index (χ1n) is 21.4. The maximum atomic E-state index is 14.3. The lowest BCUT2D eigenvalue weighted by atomic mass is 9.42. The van der Waals surface area contributed by atoms with Crippen molar-refractivity contribution in [2.24, 2.45) is 57.5 Å². The monoisotopic (exact) mass is 712 g/mol. The van der Waals surface area contributed by atoms with Gasteiger partial charge in [0.05, 0.1) is 23.9 Å². The summed E-state index contributed by atoms with van der Waals surface area (Å²) in [6, 6.07) is 0. The normalized spacial score (nSPS) is 50.2. The summed E-state index contributed by atoms with van der Waals surface area (Å²) in [6.07, 6.45) is 17.5. The van der Waals surface area contributed by atoms with Gasteiger partial charge in [-0.05, 0) is 149 Å². The fourth-order valence-electron chi connectivity index (χ4n) is 14.4. The standard InChI is InChI=1S/C43H70N2O6/c1-26-15-21-50-42(25-26,37-36(51-37)40(5,48)38(2,3)16-10-27-14-20-45-35(44)22-27)34-13-19-43(49)31-24-33(47)32-23-29(46)11-18-41(32,28-8-6-7-9-28)30(31)12-17-39(34,43)4/h24,26-30,32,34-37,45-46,48-49H,6-23,25,44H2,1-5H3/p+1. The number of allylic oxidation sites excluding steroid dienone is 1. The van der Waals surface area contributed by atoms with E-state index in [9.17, 15) is 20.1 Å². The molecular formula is C43H71N2O6+. The summed E-state index contributed by atoms with van der Waals surface area (Å²) in [4.78, 5) is 14.3. The van der Waals surface area contributed by atoms with Crippen molar-refractivity contribution in [1.82, 2.24) is 0 Å². The number of fused-ring (bicyclic) bond motifs is 5. The predicted molar refractivity (Wildman–Crippen MR) is 196 cm³/mol. The van der Waals surface area contributed by atoms with E-state index in [1.807, 2.05) is 13.0 Å². The largest absolute Gasteiger partial charge is 0.393 e. The summed E-state index contributed by atoms with van der Waals surface area (Å²) < 4.78 is 13.8. The van der Waals surface area contributed by atoms with Crippen LogP contribution in [0.5, 0.6) is 0 Å². The smallest absolute Gasteiger partial charge is 0.159 e. The van der Waals surface area contributed by atoms with E-state index in [2.05, 4.69) is 33.0 Å². The average Bonchev–Trinajstić information content (AvgIpc) is 3.62. The van der Waals surface area contributed by atoms with Crippen LogP contribution in [0.25, 0.3) is 0 Å². The molecule has 14 atom stereocenters. The van der Waals surface area contributed by atoms with Crippen molar-refractivity contribution in [2.45, 2.75) is 185 Å². The van der Waals surface area contributed by atoms with E-state index >= 15 is 0 Å². The molecule has 4 saturated carbocycles. The molecule has 8 aliphatic rings. The van der Waals surface area contributed by atoms with Crippen molar-refractivity contribution in [3.05, 3.63) is 11.6 Å². The van der Waals surface area contributed by atoms with Crippen LogP contribution in [-0.4, -0.2) is 75.5 Å². The fourth-order valence-corrected chi connectivity index (χ4v) is 14.4. The Hall–Kier alpha value is -0.870. The maximum absolute atomic E-state index is 14.3.